The Kier molecular flexibility index (Phi) is 3.32. The van der Waals surface area contributed by atoms with Gasteiger partial charge in [-0.2, -0.15) is 5.26 Å². The molecule has 74 valence electrons. The van der Waals surface area contributed by atoms with Crippen molar-refractivity contribution in [3.63, 3.8) is 0 Å². The Morgan fingerprint density at radius 2 is 2.36 bits per heavy atom. The fraction of sp³-hybridized carbons (Fsp3) is 0.300. The molecule has 0 aromatic heterocycles. The third-order valence-electron chi connectivity index (χ3n) is 1.95. The van der Waals surface area contributed by atoms with Gasteiger partial charge in [0.05, 0.1) is 19.6 Å². The normalized spacial score (nSPS) is 11.8. The van der Waals surface area contributed by atoms with Crippen LogP contribution in [0.15, 0.2) is 18.2 Å². The minimum absolute atomic E-state index is 0.0621. The van der Waals surface area contributed by atoms with Gasteiger partial charge in [-0.1, -0.05) is 6.07 Å². The van der Waals surface area contributed by atoms with Crippen LogP contribution in [0.2, 0.25) is 0 Å². The van der Waals surface area contributed by atoms with Crippen molar-refractivity contribution in [3.05, 3.63) is 23.8 Å². The molecule has 0 fully saturated rings. The number of nitriles is 1. The Morgan fingerprint density at radius 1 is 1.64 bits per heavy atom. The van der Waals surface area contributed by atoms with E-state index >= 15 is 0 Å². The number of ether oxygens (including phenoxy) is 1. The van der Waals surface area contributed by atoms with Crippen molar-refractivity contribution in [3.8, 4) is 17.6 Å². The predicted octanol–water partition coefficient (Wildman–Crippen LogP) is 1.31. The molecular formula is C10H12N2O2. The van der Waals surface area contributed by atoms with Crippen LogP contribution in [-0.2, 0) is 0 Å². The van der Waals surface area contributed by atoms with E-state index in [0.29, 0.717) is 11.3 Å². The van der Waals surface area contributed by atoms with Crippen molar-refractivity contribution in [2.24, 2.45) is 5.73 Å². The maximum absolute atomic E-state index is 9.55. The Labute approximate surface area is 82.5 Å². The summed E-state index contributed by atoms with van der Waals surface area (Å²) in [6, 6.07) is 6.34. The fourth-order valence-corrected chi connectivity index (χ4v) is 1.17. The molecule has 0 spiro atoms. The zero-order chi connectivity index (χ0) is 10.6. The minimum atomic E-state index is -0.453. The molecule has 0 amide bonds. The van der Waals surface area contributed by atoms with Gasteiger partial charge in [0, 0.05) is 17.7 Å². The predicted molar refractivity (Wildman–Crippen MR) is 51.8 cm³/mol. The van der Waals surface area contributed by atoms with Crippen molar-refractivity contribution in [2.75, 3.05) is 7.11 Å². The van der Waals surface area contributed by atoms with E-state index in [-0.39, 0.29) is 12.2 Å². The number of nitrogens with zero attached hydrogens (tertiary/aromatic N) is 1. The lowest BCUT2D eigenvalue weighted by Gasteiger charge is -2.10. The average Bonchev–Trinajstić information content (AvgIpc) is 2.17. The quantitative estimate of drug-likeness (QED) is 0.756. The van der Waals surface area contributed by atoms with E-state index in [2.05, 4.69) is 0 Å². The van der Waals surface area contributed by atoms with E-state index in [1.54, 1.807) is 12.1 Å². The highest BCUT2D eigenvalue weighted by molar-refractivity contribution is 5.41. The summed E-state index contributed by atoms with van der Waals surface area (Å²) >= 11 is 0. The van der Waals surface area contributed by atoms with Gasteiger partial charge in [0.15, 0.2) is 0 Å². The number of hydrogen-bond acceptors (Lipinski definition) is 4. The Morgan fingerprint density at radius 3 is 2.86 bits per heavy atom. The van der Waals surface area contributed by atoms with E-state index in [9.17, 15) is 5.11 Å². The Balaban J connectivity index is 2.94. The number of hydrogen-bond donors (Lipinski definition) is 2. The van der Waals surface area contributed by atoms with E-state index in [0.717, 1.165) is 0 Å². The lowest BCUT2D eigenvalue weighted by Crippen LogP contribution is -2.09. The smallest absolute Gasteiger partial charge is 0.124 e. The van der Waals surface area contributed by atoms with Crippen molar-refractivity contribution in [1.29, 1.82) is 5.26 Å². The molecule has 0 aliphatic carbocycles. The monoisotopic (exact) mass is 192 g/mol. The summed E-state index contributed by atoms with van der Waals surface area (Å²) in [6.45, 7) is 0. The summed E-state index contributed by atoms with van der Waals surface area (Å²) in [4.78, 5) is 0. The van der Waals surface area contributed by atoms with Crippen LogP contribution in [0.3, 0.4) is 0 Å². The highest BCUT2D eigenvalue weighted by Crippen LogP contribution is 2.28. The summed E-state index contributed by atoms with van der Waals surface area (Å²) in [5.74, 6) is 0.627. The van der Waals surface area contributed by atoms with Gasteiger partial charge >= 0.3 is 0 Å². The second-order valence-electron chi connectivity index (χ2n) is 2.89. The Bertz CT molecular complexity index is 358. The van der Waals surface area contributed by atoms with Gasteiger partial charge in [0.1, 0.15) is 11.5 Å². The molecule has 14 heavy (non-hydrogen) atoms. The zero-order valence-electron chi connectivity index (χ0n) is 7.90. The molecular weight excluding hydrogens is 180 g/mol. The molecule has 0 unspecified atom stereocenters. The first-order chi connectivity index (χ1) is 6.69. The Hall–Kier alpha value is -1.73. The van der Waals surface area contributed by atoms with E-state index in [4.69, 9.17) is 15.7 Å². The van der Waals surface area contributed by atoms with Crippen LogP contribution in [0.4, 0.5) is 0 Å². The van der Waals surface area contributed by atoms with Crippen LogP contribution < -0.4 is 10.5 Å². The first-order valence-corrected chi connectivity index (χ1v) is 4.18. The maximum Gasteiger partial charge on any atom is 0.124 e. The lowest BCUT2D eigenvalue weighted by molar-refractivity contribution is 0.405. The molecule has 4 nitrogen and oxygen atoms in total. The first kappa shape index (κ1) is 10.4. The van der Waals surface area contributed by atoms with Crippen molar-refractivity contribution < 1.29 is 9.84 Å². The van der Waals surface area contributed by atoms with Gasteiger partial charge in [0.25, 0.3) is 0 Å². The fourth-order valence-electron chi connectivity index (χ4n) is 1.17. The summed E-state index contributed by atoms with van der Waals surface area (Å²) < 4.78 is 4.92. The molecule has 0 aliphatic heterocycles. The van der Waals surface area contributed by atoms with Gasteiger partial charge in [-0.15, -0.1) is 0 Å². The van der Waals surface area contributed by atoms with Crippen molar-refractivity contribution in [2.45, 2.75) is 12.5 Å². The van der Waals surface area contributed by atoms with Crippen LogP contribution >= 0.6 is 0 Å². The molecule has 0 saturated heterocycles. The third-order valence-corrected chi connectivity index (χ3v) is 1.95. The number of aromatic hydroxyl groups is 1. The SMILES string of the molecule is COc1ccc([C@@H](N)CC#N)c(O)c1. The molecule has 1 atom stereocenters. The highest BCUT2D eigenvalue weighted by atomic mass is 16.5. The van der Waals surface area contributed by atoms with Gasteiger partial charge in [-0.25, -0.2) is 0 Å². The van der Waals surface area contributed by atoms with Gasteiger partial charge in [-0.05, 0) is 6.07 Å². The average molecular weight is 192 g/mol. The summed E-state index contributed by atoms with van der Waals surface area (Å²) in [5.41, 5.74) is 6.24. The highest BCUT2D eigenvalue weighted by Gasteiger charge is 2.10. The van der Waals surface area contributed by atoms with Gasteiger partial charge in [-0.3, -0.25) is 0 Å². The number of rotatable bonds is 3. The molecule has 0 heterocycles. The molecule has 1 aromatic carbocycles. The number of phenols is 1. The molecule has 0 bridgehead atoms. The standard InChI is InChI=1S/C10H12N2O2/c1-14-7-2-3-8(10(13)6-7)9(12)4-5-11/h2-3,6,9,13H,4,12H2,1H3/t9-/m0/s1. The molecule has 1 aromatic rings. The first-order valence-electron chi connectivity index (χ1n) is 4.18. The number of nitrogens with two attached hydrogens (primary N) is 1. The van der Waals surface area contributed by atoms with Gasteiger partial charge < -0.3 is 15.6 Å². The van der Waals surface area contributed by atoms with Gasteiger partial charge in [0.2, 0.25) is 0 Å². The molecule has 0 aliphatic rings. The van der Waals surface area contributed by atoms with Crippen LogP contribution in [-0.4, -0.2) is 12.2 Å². The molecule has 3 N–H and O–H groups in total. The van der Waals surface area contributed by atoms with E-state index in [1.807, 2.05) is 6.07 Å². The number of methoxy groups -OCH3 is 1. The van der Waals surface area contributed by atoms with E-state index in [1.165, 1.54) is 13.2 Å². The lowest BCUT2D eigenvalue weighted by atomic mass is 10.0. The van der Waals surface area contributed by atoms with Crippen LogP contribution in [0.5, 0.6) is 11.5 Å². The van der Waals surface area contributed by atoms with Crippen LogP contribution in [0, 0.1) is 11.3 Å². The zero-order valence-corrected chi connectivity index (χ0v) is 7.90. The van der Waals surface area contributed by atoms with Crippen LogP contribution in [0.25, 0.3) is 0 Å². The maximum atomic E-state index is 9.55. The minimum Gasteiger partial charge on any atom is -0.507 e. The second-order valence-corrected chi connectivity index (χ2v) is 2.89. The molecule has 1 rings (SSSR count). The topological polar surface area (TPSA) is 79.3 Å². The third kappa shape index (κ3) is 2.15. The largest absolute Gasteiger partial charge is 0.507 e. The van der Waals surface area contributed by atoms with Crippen molar-refractivity contribution >= 4 is 0 Å². The summed E-state index contributed by atoms with van der Waals surface area (Å²) in [6.07, 6.45) is 0.180. The summed E-state index contributed by atoms with van der Waals surface area (Å²) in [7, 11) is 1.52. The van der Waals surface area contributed by atoms with Crippen LogP contribution in [0.1, 0.15) is 18.0 Å². The number of benzene rings is 1. The second kappa shape index (κ2) is 4.49. The van der Waals surface area contributed by atoms with E-state index < -0.39 is 6.04 Å². The molecule has 0 radical (unpaired) electrons. The molecule has 4 heteroatoms. The molecule has 0 saturated carbocycles. The number of phenolic OH excluding ortho intramolecular Hbond substituents is 1. The van der Waals surface area contributed by atoms with Crippen molar-refractivity contribution in [1.82, 2.24) is 0 Å². The summed E-state index contributed by atoms with van der Waals surface area (Å²) in [5, 5.41) is 18.0.